The van der Waals surface area contributed by atoms with Crippen LogP contribution in [-0.4, -0.2) is 19.7 Å². The molecule has 0 radical (unpaired) electrons. The molecule has 1 aliphatic rings. The number of hydrogen-bond donors (Lipinski definition) is 1. The maximum atomic E-state index is 4.92. The Balaban J connectivity index is 1.52. The van der Waals surface area contributed by atoms with Gasteiger partial charge < -0.3 is 5.32 Å². The van der Waals surface area contributed by atoms with Crippen molar-refractivity contribution < 1.29 is 0 Å². The second-order valence-electron chi connectivity index (χ2n) is 7.12. The number of hydrogen-bond acceptors (Lipinski definition) is 4. The van der Waals surface area contributed by atoms with Gasteiger partial charge >= 0.3 is 0 Å². The summed E-state index contributed by atoms with van der Waals surface area (Å²) >= 11 is 0. The van der Waals surface area contributed by atoms with Crippen LogP contribution in [0.25, 0.3) is 0 Å². The van der Waals surface area contributed by atoms with Crippen molar-refractivity contribution in [1.29, 1.82) is 0 Å². The fourth-order valence-corrected chi connectivity index (χ4v) is 3.78. The van der Waals surface area contributed by atoms with Crippen molar-refractivity contribution >= 4 is 0 Å². The van der Waals surface area contributed by atoms with E-state index in [0.29, 0.717) is 6.04 Å². The average molecular weight is 347 g/mol. The zero-order valence-electron chi connectivity index (χ0n) is 15.4. The third kappa shape index (κ3) is 3.68. The Hall–Kier alpha value is -2.53. The summed E-state index contributed by atoms with van der Waals surface area (Å²) in [6.07, 6.45) is 8.06. The summed E-state index contributed by atoms with van der Waals surface area (Å²) in [7, 11) is 1.94. The summed E-state index contributed by atoms with van der Waals surface area (Å²) in [5.74, 6) is 0. The van der Waals surface area contributed by atoms with E-state index in [9.17, 15) is 0 Å². The van der Waals surface area contributed by atoms with Crippen molar-refractivity contribution in [2.45, 2.75) is 44.7 Å². The molecule has 0 bridgehead atoms. The third-order valence-corrected chi connectivity index (χ3v) is 5.08. The van der Waals surface area contributed by atoms with Gasteiger partial charge in [-0.3, -0.25) is 14.6 Å². The number of aromatic nitrogens is 4. The number of nitrogens with one attached hydrogen (secondary N) is 1. The first-order valence-electron chi connectivity index (χ1n) is 9.31. The Morgan fingerprint density at radius 3 is 2.77 bits per heavy atom. The minimum atomic E-state index is 0.277. The van der Waals surface area contributed by atoms with Gasteiger partial charge in [-0.1, -0.05) is 12.1 Å². The Morgan fingerprint density at radius 1 is 1.08 bits per heavy atom. The highest BCUT2D eigenvalue weighted by Gasteiger charge is 2.26. The second-order valence-corrected chi connectivity index (χ2v) is 7.12. The summed E-state index contributed by atoms with van der Waals surface area (Å²) in [4.78, 5) is 9.53. The number of nitrogens with zero attached hydrogens (tertiary/aromatic N) is 4. The Kier molecular flexibility index (Phi) is 4.80. The molecule has 0 unspecified atom stereocenters. The minimum Gasteiger partial charge on any atom is -0.300 e. The maximum Gasteiger partial charge on any atom is 0.0683 e. The number of rotatable bonds is 4. The fraction of sp³-hybridized carbons (Fsp3) is 0.381. The molecule has 5 nitrogen and oxygen atoms in total. The predicted octanol–water partition coefficient (Wildman–Crippen LogP) is 3.67. The van der Waals surface area contributed by atoms with E-state index in [2.05, 4.69) is 46.6 Å². The van der Waals surface area contributed by atoms with Crippen LogP contribution in [0.4, 0.5) is 0 Å². The topological polar surface area (TPSA) is 55.6 Å². The molecular formula is C21H25N5. The molecule has 26 heavy (non-hydrogen) atoms. The highest BCUT2D eigenvalue weighted by molar-refractivity contribution is 5.24. The molecule has 1 N–H and O–H groups in total. The standard InChI is InChI=1S/C21H25N5/c1-15-6-5-12-22-21(15)20-10-4-9-19(24-20)18-8-3-7-16(23-18)14-17-11-13-26(2)25-17/h3,5-8,11-13,19-20,24H,4,9-10,14H2,1-2H3/t19-,20+/m1/s1. The SMILES string of the molecule is Cc1cccnc1[C@@H]1CCC[C@H](c2cccc(Cc3ccn(C)n3)n2)N1. The molecule has 0 aromatic carbocycles. The smallest absolute Gasteiger partial charge is 0.0683 e. The lowest BCUT2D eigenvalue weighted by Crippen LogP contribution is -2.32. The van der Waals surface area contributed by atoms with Crippen LogP contribution in [0.5, 0.6) is 0 Å². The van der Waals surface area contributed by atoms with Crippen LogP contribution in [0.1, 0.15) is 59.7 Å². The van der Waals surface area contributed by atoms with E-state index in [1.54, 1.807) is 0 Å². The van der Waals surface area contributed by atoms with Crippen LogP contribution in [0.15, 0.2) is 48.8 Å². The first kappa shape index (κ1) is 16.9. The monoisotopic (exact) mass is 347 g/mol. The van der Waals surface area contributed by atoms with Gasteiger partial charge in [0.1, 0.15) is 0 Å². The van der Waals surface area contributed by atoms with Crippen molar-refractivity contribution in [1.82, 2.24) is 25.1 Å². The molecule has 4 heterocycles. The van der Waals surface area contributed by atoms with Crippen molar-refractivity contribution in [3.8, 4) is 0 Å². The van der Waals surface area contributed by atoms with Gasteiger partial charge in [0.2, 0.25) is 0 Å². The van der Waals surface area contributed by atoms with E-state index in [1.165, 1.54) is 17.7 Å². The zero-order valence-corrected chi connectivity index (χ0v) is 15.4. The fourth-order valence-electron chi connectivity index (χ4n) is 3.78. The van der Waals surface area contributed by atoms with Crippen LogP contribution < -0.4 is 5.32 Å². The number of pyridine rings is 2. The van der Waals surface area contributed by atoms with E-state index in [1.807, 2.05) is 36.3 Å². The molecule has 3 aromatic heterocycles. The summed E-state index contributed by atoms with van der Waals surface area (Å²) < 4.78 is 1.83. The van der Waals surface area contributed by atoms with E-state index in [4.69, 9.17) is 4.98 Å². The van der Waals surface area contributed by atoms with E-state index in [0.717, 1.165) is 36.3 Å². The molecule has 0 saturated carbocycles. The van der Waals surface area contributed by atoms with E-state index in [-0.39, 0.29) is 6.04 Å². The second kappa shape index (κ2) is 7.38. The Labute approximate surface area is 154 Å². The lowest BCUT2D eigenvalue weighted by molar-refractivity contribution is 0.320. The summed E-state index contributed by atoms with van der Waals surface area (Å²) in [6.45, 7) is 2.14. The molecule has 1 aliphatic heterocycles. The minimum absolute atomic E-state index is 0.277. The van der Waals surface area contributed by atoms with Gasteiger partial charge in [0.05, 0.1) is 23.1 Å². The molecule has 1 fully saturated rings. The van der Waals surface area contributed by atoms with Crippen LogP contribution in [0.3, 0.4) is 0 Å². The predicted molar refractivity (Wildman–Crippen MR) is 102 cm³/mol. The number of aryl methyl sites for hydroxylation is 2. The lowest BCUT2D eigenvalue weighted by Gasteiger charge is -2.31. The summed E-state index contributed by atoms with van der Waals surface area (Å²) in [5.41, 5.74) is 5.66. The van der Waals surface area contributed by atoms with Crippen molar-refractivity contribution in [3.05, 3.63) is 77.1 Å². The van der Waals surface area contributed by atoms with Gasteiger partial charge in [-0.05, 0) is 56.0 Å². The maximum absolute atomic E-state index is 4.92. The van der Waals surface area contributed by atoms with Gasteiger partial charge in [-0.2, -0.15) is 5.10 Å². The van der Waals surface area contributed by atoms with Crippen molar-refractivity contribution in [3.63, 3.8) is 0 Å². The molecule has 4 rings (SSSR count). The van der Waals surface area contributed by atoms with Gasteiger partial charge in [-0.15, -0.1) is 0 Å². The molecule has 5 heteroatoms. The summed E-state index contributed by atoms with van der Waals surface area (Å²) in [5, 5.41) is 8.24. The van der Waals surface area contributed by atoms with Crippen molar-refractivity contribution in [2.24, 2.45) is 7.05 Å². The molecule has 0 aliphatic carbocycles. The highest BCUT2D eigenvalue weighted by Crippen LogP contribution is 2.32. The van der Waals surface area contributed by atoms with Gasteiger partial charge in [0, 0.05) is 37.6 Å². The molecule has 134 valence electrons. The largest absolute Gasteiger partial charge is 0.300 e. The Morgan fingerprint density at radius 2 is 1.96 bits per heavy atom. The molecular weight excluding hydrogens is 322 g/mol. The average Bonchev–Trinajstić information content (AvgIpc) is 3.07. The van der Waals surface area contributed by atoms with Crippen LogP contribution in [0.2, 0.25) is 0 Å². The zero-order chi connectivity index (χ0) is 17.9. The normalized spacial score (nSPS) is 20.2. The van der Waals surface area contributed by atoms with Crippen LogP contribution >= 0.6 is 0 Å². The molecule has 2 atom stereocenters. The van der Waals surface area contributed by atoms with Crippen LogP contribution in [0, 0.1) is 6.92 Å². The first-order valence-corrected chi connectivity index (χ1v) is 9.31. The molecule has 0 spiro atoms. The Bertz CT molecular complexity index is 885. The highest BCUT2D eigenvalue weighted by atomic mass is 15.2. The molecule has 0 amide bonds. The van der Waals surface area contributed by atoms with E-state index < -0.39 is 0 Å². The van der Waals surface area contributed by atoms with E-state index >= 15 is 0 Å². The quantitative estimate of drug-likeness (QED) is 0.782. The summed E-state index contributed by atoms with van der Waals surface area (Å²) in [6, 6.07) is 13.1. The third-order valence-electron chi connectivity index (χ3n) is 5.08. The first-order chi connectivity index (χ1) is 12.7. The van der Waals surface area contributed by atoms with Gasteiger partial charge in [0.25, 0.3) is 0 Å². The van der Waals surface area contributed by atoms with Gasteiger partial charge in [0.15, 0.2) is 0 Å². The lowest BCUT2D eigenvalue weighted by atomic mass is 9.92. The van der Waals surface area contributed by atoms with Gasteiger partial charge in [-0.25, -0.2) is 0 Å². The number of piperidine rings is 1. The van der Waals surface area contributed by atoms with Crippen LogP contribution in [-0.2, 0) is 13.5 Å². The molecule has 1 saturated heterocycles. The van der Waals surface area contributed by atoms with Crippen molar-refractivity contribution in [2.75, 3.05) is 0 Å². The molecule has 3 aromatic rings.